The van der Waals surface area contributed by atoms with Crippen LogP contribution in [0, 0.1) is 32.1 Å². The topological polar surface area (TPSA) is 161 Å². The summed E-state index contributed by atoms with van der Waals surface area (Å²) in [4.78, 5) is 73.2. The number of nitrogens with zero attached hydrogens (tertiary/aromatic N) is 4. The third-order valence-corrected chi connectivity index (χ3v) is 6.31. The number of nitro benzene ring substituents is 2. The molecule has 35 heavy (non-hydrogen) atoms. The van der Waals surface area contributed by atoms with Crippen molar-refractivity contribution >= 4 is 34.9 Å². The van der Waals surface area contributed by atoms with E-state index in [1.54, 1.807) is 0 Å². The average molecular weight is 480 g/mol. The average Bonchev–Trinajstić information content (AvgIpc) is 3.12. The molecule has 180 valence electrons. The number of carbonyl (C=O) groups excluding carboxylic acids is 4. The van der Waals surface area contributed by atoms with E-state index in [9.17, 15) is 39.4 Å². The van der Waals surface area contributed by atoms with Crippen LogP contribution in [0.25, 0.3) is 0 Å². The van der Waals surface area contributed by atoms with Gasteiger partial charge in [-0.15, -0.1) is 0 Å². The number of hydrogen-bond donors (Lipinski definition) is 0. The summed E-state index contributed by atoms with van der Waals surface area (Å²) in [6.45, 7) is -0.676. The van der Waals surface area contributed by atoms with Gasteiger partial charge in [0.1, 0.15) is 6.54 Å². The molecule has 1 saturated heterocycles. The molecule has 1 aliphatic heterocycles. The Morgan fingerprint density at radius 2 is 1.23 bits per heavy atom. The summed E-state index contributed by atoms with van der Waals surface area (Å²) in [5.74, 6) is -3.77. The first-order chi connectivity index (χ1) is 16.7. The maximum absolute atomic E-state index is 13.4. The van der Waals surface area contributed by atoms with E-state index in [2.05, 4.69) is 0 Å². The van der Waals surface area contributed by atoms with Crippen molar-refractivity contribution in [3.63, 3.8) is 0 Å². The van der Waals surface area contributed by atoms with E-state index < -0.39 is 51.7 Å². The van der Waals surface area contributed by atoms with E-state index >= 15 is 0 Å². The van der Waals surface area contributed by atoms with Crippen molar-refractivity contribution in [3.8, 4) is 0 Å². The van der Waals surface area contributed by atoms with E-state index in [0.29, 0.717) is 12.8 Å². The number of Topliss-reactive ketones (excluding diaryl/α,β-unsaturated/α-hetero) is 1. The minimum Gasteiger partial charge on any atom is -0.292 e. The largest absolute Gasteiger partial charge is 0.292 e. The summed E-state index contributed by atoms with van der Waals surface area (Å²) in [5, 5.41) is 23.3. The quantitative estimate of drug-likeness (QED) is 0.253. The van der Waals surface area contributed by atoms with Gasteiger partial charge in [-0.1, -0.05) is 12.8 Å². The molecule has 1 heterocycles. The summed E-state index contributed by atoms with van der Waals surface area (Å²) in [5.41, 5.74) is -0.486. The van der Waals surface area contributed by atoms with E-state index in [0.717, 1.165) is 47.1 Å². The van der Waals surface area contributed by atoms with Crippen molar-refractivity contribution in [3.05, 3.63) is 79.9 Å². The molecule has 1 saturated carbocycles. The first kappa shape index (κ1) is 23.7. The number of carbonyl (C=O) groups is 4. The van der Waals surface area contributed by atoms with Gasteiger partial charge in [-0.3, -0.25) is 39.4 Å². The molecule has 0 spiro atoms. The second kappa shape index (κ2) is 9.41. The number of non-ortho nitro benzene ring substituents is 2. The highest BCUT2D eigenvalue weighted by Crippen LogP contribution is 2.39. The van der Waals surface area contributed by atoms with Crippen LogP contribution in [0.3, 0.4) is 0 Å². The van der Waals surface area contributed by atoms with E-state index in [1.807, 2.05) is 0 Å². The van der Waals surface area contributed by atoms with Gasteiger partial charge in [0.2, 0.25) is 0 Å². The van der Waals surface area contributed by atoms with Gasteiger partial charge in [0.05, 0.1) is 21.7 Å². The maximum atomic E-state index is 13.4. The normalized spacial score (nSPS) is 19.3. The van der Waals surface area contributed by atoms with Gasteiger partial charge in [-0.05, 0) is 37.1 Å². The number of benzene rings is 2. The zero-order valence-electron chi connectivity index (χ0n) is 18.4. The lowest BCUT2D eigenvalue weighted by Gasteiger charge is -2.30. The molecule has 2 aromatic carbocycles. The van der Waals surface area contributed by atoms with Crippen molar-refractivity contribution < 1.29 is 29.0 Å². The third kappa shape index (κ3) is 4.50. The minimum atomic E-state index is -0.851. The number of amides is 3. The molecule has 12 nitrogen and oxygen atoms in total. The number of ketones is 1. The molecule has 2 aromatic rings. The Bertz CT molecular complexity index is 1200. The summed E-state index contributed by atoms with van der Waals surface area (Å²) < 4.78 is 0. The summed E-state index contributed by atoms with van der Waals surface area (Å²) in [6.07, 6.45) is 2.54. The molecule has 12 heteroatoms. The van der Waals surface area contributed by atoms with Crippen LogP contribution in [0.5, 0.6) is 0 Å². The van der Waals surface area contributed by atoms with Gasteiger partial charge in [0.25, 0.3) is 29.1 Å². The number of rotatable bonds is 7. The van der Waals surface area contributed by atoms with Gasteiger partial charge >= 0.3 is 0 Å². The van der Waals surface area contributed by atoms with Crippen LogP contribution in [0.15, 0.2) is 48.5 Å². The Kier molecular flexibility index (Phi) is 6.36. The van der Waals surface area contributed by atoms with Crippen LogP contribution in [-0.4, -0.2) is 49.9 Å². The van der Waals surface area contributed by atoms with Crippen LogP contribution < -0.4 is 0 Å². The fourth-order valence-electron chi connectivity index (χ4n) is 4.49. The molecular weight excluding hydrogens is 460 g/mol. The van der Waals surface area contributed by atoms with Crippen LogP contribution in [0.2, 0.25) is 0 Å². The molecule has 4 rings (SSSR count). The Morgan fingerprint density at radius 3 is 1.66 bits per heavy atom. The molecule has 2 aliphatic rings. The van der Waals surface area contributed by atoms with Crippen molar-refractivity contribution in [2.75, 3.05) is 6.54 Å². The molecule has 0 unspecified atom stereocenters. The molecule has 2 atom stereocenters. The lowest BCUT2D eigenvalue weighted by atomic mass is 9.81. The van der Waals surface area contributed by atoms with E-state index in [-0.39, 0.29) is 22.5 Å². The third-order valence-electron chi connectivity index (χ3n) is 6.31. The number of imide groups is 1. The van der Waals surface area contributed by atoms with Gasteiger partial charge in [0.15, 0.2) is 5.78 Å². The minimum absolute atomic E-state index is 0.0496. The predicted molar refractivity (Wildman–Crippen MR) is 119 cm³/mol. The van der Waals surface area contributed by atoms with Gasteiger partial charge < -0.3 is 0 Å². The second-order valence-electron chi connectivity index (χ2n) is 8.38. The summed E-state index contributed by atoms with van der Waals surface area (Å²) in [7, 11) is 0. The summed E-state index contributed by atoms with van der Waals surface area (Å²) >= 11 is 0. The van der Waals surface area contributed by atoms with E-state index in [1.165, 1.54) is 24.3 Å². The van der Waals surface area contributed by atoms with Crippen LogP contribution in [-0.2, 0) is 9.59 Å². The molecule has 0 N–H and O–H groups in total. The lowest BCUT2D eigenvalue weighted by molar-refractivity contribution is -0.385. The van der Waals surface area contributed by atoms with Crippen LogP contribution in [0.1, 0.15) is 46.4 Å². The highest BCUT2D eigenvalue weighted by Gasteiger charge is 2.51. The number of nitro groups is 2. The fourth-order valence-corrected chi connectivity index (χ4v) is 4.49. The molecule has 1 aliphatic carbocycles. The number of hydrazine groups is 1. The van der Waals surface area contributed by atoms with Crippen molar-refractivity contribution in [1.82, 2.24) is 10.0 Å². The lowest BCUT2D eigenvalue weighted by Crippen LogP contribution is -2.52. The molecule has 0 bridgehead atoms. The monoisotopic (exact) mass is 480 g/mol. The van der Waals surface area contributed by atoms with Gasteiger partial charge in [-0.25, -0.2) is 5.01 Å². The van der Waals surface area contributed by atoms with Crippen LogP contribution >= 0.6 is 0 Å². The SMILES string of the molecule is O=C(CN(C(=O)c1ccc([N+](=O)[O-])cc1)N1C(=O)[C@H]2CCCC[C@@H]2C1=O)c1ccc([N+](=O)[O-])cc1. The highest BCUT2D eigenvalue weighted by atomic mass is 16.6. The number of hydrogen-bond acceptors (Lipinski definition) is 8. The fraction of sp³-hybridized carbons (Fsp3) is 0.304. The molecule has 0 radical (unpaired) electrons. The zero-order valence-corrected chi connectivity index (χ0v) is 18.4. The van der Waals surface area contributed by atoms with Crippen molar-refractivity contribution in [1.29, 1.82) is 0 Å². The molecule has 0 aromatic heterocycles. The van der Waals surface area contributed by atoms with Crippen LogP contribution in [0.4, 0.5) is 11.4 Å². The van der Waals surface area contributed by atoms with E-state index in [4.69, 9.17) is 0 Å². The first-order valence-corrected chi connectivity index (χ1v) is 10.9. The van der Waals surface area contributed by atoms with Crippen molar-refractivity contribution in [2.45, 2.75) is 25.7 Å². The Balaban J connectivity index is 1.67. The molecule has 2 fully saturated rings. The Hall–Kier alpha value is -4.48. The zero-order chi connectivity index (χ0) is 25.3. The predicted octanol–water partition coefficient (Wildman–Crippen LogP) is 2.92. The first-order valence-electron chi connectivity index (χ1n) is 10.9. The Morgan fingerprint density at radius 1 is 0.800 bits per heavy atom. The molecule has 3 amide bonds. The summed E-state index contributed by atoms with van der Waals surface area (Å²) in [6, 6.07) is 9.30. The second-order valence-corrected chi connectivity index (χ2v) is 8.38. The molecular formula is C23H20N4O8. The number of fused-ring (bicyclic) bond motifs is 1. The highest BCUT2D eigenvalue weighted by molar-refractivity contribution is 6.09. The van der Waals surface area contributed by atoms with Crippen molar-refractivity contribution in [2.24, 2.45) is 11.8 Å². The Labute approximate surface area is 198 Å². The van der Waals surface area contributed by atoms with Gasteiger partial charge in [-0.2, -0.15) is 5.01 Å². The smallest absolute Gasteiger partial charge is 0.273 e. The maximum Gasteiger partial charge on any atom is 0.273 e. The van der Waals surface area contributed by atoms with Gasteiger partial charge in [0, 0.05) is 35.4 Å². The standard InChI is InChI=1S/C23H20N4O8/c28-20(14-5-9-16(10-6-14)26(32)33)13-24(21(29)15-7-11-17(12-8-15)27(34)35)25-22(30)18-3-1-2-4-19(18)23(25)31/h5-12,18-19H,1-4,13H2/t18-,19-/m0/s1.